The number of hydrogen-bond acceptors (Lipinski definition) is 2. The van der Waals surface area contributed by atoms with Gasteiger partial charge < -0.3 is 4.57 Å². The Hall–Kier alpha value is -3.20. The number of rotatable bonds is 4. The van der Waals surface area contributed by atoms with Gasteiger partial charge in [-0.2, -0.15) is 0 Å². The molecule has 0 amide bonds. The van der Waals surface area contributed by atoms with E-state index in [0.29, 0.717) is 0 Å². The Morgan fingerprint density at radius 1 is 1.00 bits per heavy atom. The van der Waals surface area contributed by atoms with E-state index in [9.17, 15) is 0 Å². The average molecular weight is 367 g/mol. The molecule has 0 fully saturated rings. The Morgan fingerprint density at radius 3 is 2.68 bits per heavy atom. The third kappa shape index (κ3) is 3.24. The number of aliphatic imine (C=N–C) groups is 1. The van der Waals surface area contributed by atoms with Crippen LogP contribution in [0.1, 0.15) is 35.0 Å². The van der Waals surface area contributed by atoms with E-state index in [1.54, 1.807) is 0 Å². The molecular weight excluding hydrogens is 342 g/mol. The summed E-state index contributed by atoms with van der Waals surface area (Å²) in [5.74, 6) is 0. The quantitative estimate of drug-likeness (QED) is 0.391. The smallest absolute Gasteiger partial charge is 0.0703 e. The topological polar surface area (TPSA) is 30.2 Å². The number of hydrogen-bond donors (Lipinski definition) is 0. The zero-order chi connectivity index (χ0) is 19.7. The van der Waals surface area contributed by atoms with E-state index in [4.69, 9.17) is 4.99 Å². The molecule has 3 nitrogen and oxygen atoms in total. The van der Waals surface area contributed by atoms with Crippen molar-refractivity contribution in [2.24, 2.45) is 4.99 Å². The first-order chi connectivity index (χ1) is 13.6. The van der Waals surface area contributed by atoms with E-state index >= 15 is 0 Å². The molecule has 28 heavy (non-hydrogen) atoms. The van der Waals surface area contributed by atoms with Gasteiger partial charge in [-0.15, -0.1) is 0 Å². The molecule has 0 aliphatic heterocycles. The highest BCUT2D eigenvalue weighted by molar-refractivity contribution is 5.87. The molecule has 3 heteroatoms. The van der Waals surface area contributed by atoms with Crippen LogP contribution in [0, 0.1) is 20.8 Å². The van der Waals surface area contributed by atoms with Gasteiger partial charge in [0.15, 0.2) is 0 Å². The van der Waals surface area contributed by atoms with Crippen LogP contribution in [0.3, 0.4) is 0 Å². The fourth-order valence-corrected chi connectivity index (χ4v) is 3.87. The maximum Gasteiger partial charge on any atom is 0.0703 e. The first kappa shape index (κ1) is 18.2. The van der Waals surface area contributed by atoms with Crippen LogP contribution >= 0.6 is 0 Å². The third-order valence-corrected chi connectivity index (χ3v) is 5.34. The zero-order valence-corrected chi connectivity index (χ0v) is 16.9. The molecule has 0 saturated carbocycles. The number of fused-ring (bicyclic) bond motifs is 1. The molecule has 140 valence electrons. The molecule has 0 aliphatic rings. The number of aryl methyl sites for hydroxylation is 3. The summed E-state index contributed by atoms with van der Waals surface area (Å²) in [7, 11) is 0. The van der Waals surface area contributed by atoms with Gasteiger partial charge in [-0.1, -0.05) is 31.2 Å². The molecule has 0 spiro atoms. The van der Waals surface area contributed by atoms with E-state index in [2.05, 4.69) is 73.6 Å². The summed E-state index contributed by atoms with van der Waals surface area (Å²) in [4.78, 5) is 9.11. The van der Waals surface area contributed by atoms with Gasteiger partial charge in [0.1, 0.15) is 0 Å². The normalized spacial score (nSPS) is 11.6. The van der Waals surface area contributed by atoms with E-state index < -0.39 is 0 Å². The fourth-order valence-electron chi connectivity index (χ4n) is 3.87. The van der Waals surface area contributed by atoms with Crippen LogP contribution in [0.25, 0.3) is 16.6 Å². The fraction of sp³-hybridized carbons (Fsp3) is 0.200. The van der Waals surface area contributed by atoms with Gasteiger partial charge in [0, 0.05) is 34.7 Å². The molecule has 0 N–H and O–H groups in total. The molecule has 0 aliphatic carbocycles. The maximum absolute atomic E-state index is 4.73. The lowest BCUT2D eigenvalue weighted by atomic mass is 10.1. The second kappa shape index (κ2) is 7.43. The number of para-hydroxylation sites is 1. The van der Waals surface area contributed by atoms with Gasteiger partial charge in [0.25, 0.3) is 0 Å². The standard InChI is InChI=1S/C25H25N3/c1-5-20-9-6-8-17(2)25(20)28-18(3)14-22(19(28)4)16-27-23-11-12-24-21(15-23)10-7-13-26-24/h6-16H,5H2,1-4H3. The highest BCUT2D eigenvalue weighted by Gasteiger charge is 2.14. The molecule has 4 rings (SSSR count). The van der Waals surface area contributed by atoms with Crippen molar-refractivity contribution < 1.29 is 0 Å². The van der Waals surface area contributed by atoms with Gasteiger partial charge >= 0.3 is 0 Å². The minimum absolute atomic E-state index is 0.940. The second-order valence-electron chi connectivity index (χ2n) is 7.24. The van der Waals surface area contributed by atoms with Gasteiger partial charge in [0.2, 0.25) is 0 Å². The Kier molecular flexibility index (Phi) is 4.82. The molecule has 2 aromatic carbocycles. The van der Waals surface area contributed by atoms with Crippen LogP contribution in [0.2, 0.25) is 0 Å². The van der Waals surface area contributed by atoms with Crippen molar-refractivity contribution in [1.29, 1.82) is 0 Å². The summed E-state index contributed by atoms with van der Waals surface area (Å²) in [5, 5.41) is 1.11. The second-order valence-corrected chi connectivity index (χ2v) is 7.24. The van der Waals surface area contributed by atoms with Crippen molar-refractivity contribution in [3.8, 4) is 5.69 Å². The lowest BCUT2D eigenvalue weighted by Gasteiger charge is -2.17. The van der Waals surface area contributed by atoms with Gasteiger partial charge in [-0.05, 0) is 68.7 Å². The van der Waals surface area contributed by atoms with Crippen molar-refractivity contribution in [2.45, 2.75) is 34.1 Å². The number of aromatic nitrogens is 2. The minimum atomic E-state index is 0.940. The van der Waals surface area contributed by atoms with Crippen LogP contribution in [-0.2, 0) is 6.42 Å². The van der Waals surface area contributed by atoms with Crippen molar-refractivity contribution in [1.82, 2.24) is 9.55 Å². The Balaban J connectivity index is 1.74. The van der Waals surface area contributed by atoms with Crippen molar-refractivity contribution in [3.05, 3.63) is 88.9 Å². The monoisotopic (exact) mass is 367 g/mol. The first-order valence-electron chi connectivity index (χ1n) is 9.75. The molecule has 0 unspecified atom stereocenters. The van der Waals surface area contributed by atoms with E-state index in [1.165, 1.54) is 28.2 Å². The molecule has 2 aromatic heterocycles. The van der Waals surface area contributed by atoms with E-state index in [-0.39, 0.29) is 0 Å². The van der Waals surface area contributed by atoms with Crippen molar-refractivity contribution in [2.75, 3.05) is 0 Å². The molecule has 0 radical (unpaired) electrons. The summed E-state index contributed by atoms with van der Waals surface area (Å²) in [6, 6.07) is 18.9. The minimum Gasteiger partial charge on any atom is -0.317 e. The van der Waals surface area contributed by atoms with Crippen LogP contribution in [0.15, 0.2) is 65.8 Å². The lowest BCUT2D eigenvalue weighted by Crippen LogP contribution is -2.05. The number of benzene rings is 2. The van der Waals surface area contributed by atoms with Gasteiger partial charge in [-0.3, -0.25) is 9.98 Å². The number of nitrogens with zero attached hydrogens (tertiary/aromatic N) is 3. The number of pyridine rings is 1. The van der Waals surface area contributed by atoms with Crippen molar-refractivity contribution in [3.63, 3.8) is 0 Å². The van der Waals surface area contributed by atoms with Crippen molar-refractivity contribution >= 4 is 22.8 Å². The average Bonchev–Trinajstić information content (AvgIpc) is 2.99. The molecule has 0 saturated heterocycles. The SMILES string of the molecule is CCc1cccc(C)c1-n1c(C)cc(C=Nc2ccc3ncccc3c2)c1C. The Morgan fingerprint density at radius 2 is 1.86 bits per heavy atom. The van der Waals surface area contributed by atoms with Gasteiger partial charge in [0.05, 0.1) is 16.9 Å². The predicted octanol–water partition coefficient (Wildman–Crippen LogP) is 6.26. The predicted molar refractivity (Wildman–Crippen MR) is 118 cm³/mol. The molecule has 0 atom stereocenters. The molecule has 0 bridgehead atoms. The van der Waals surface area contributed by atoms with Crippen LogP contribution in [0.5, 0.6) is 0 Å². The van der Waals surface area contributed by atoms with Crippen LogP contribution in [0.4, 0.5) is 5.69 Å². The lowest BCUT2D eigenvalue weighted by molar-refractivity contribution is 0.926. The summed E-state index contributed by atoms with van der Waals surface area (Å²) < 4.78 is 2.36. The molecule has 2 heterocycles. The summed E-state index contributed by atoms with van der Waals surface area (Å²) >= 11 is 0. The van der Waals surface area contributed by atoms with E-state index in [1.807, 2.05) is 30.6 Å². The van der Waals surface area contributed by atoms with Gasteiger partial charge in [-0.25, -0.2) is 0 Å². The Bertz CT molecular complexity index is 1180. The third-order valence-electron chi connectivity index (χ3n) is 5.34. The van der Waals surface area contributed by atoms with Crippen LogP contribution < -0.4 is 0 Å². The van der Waals surface area contributed by atoms with Crippen LogP contribution in [-0.4, -0.2) is 15.8 Å². The molecular formula is C25H25N3. The summed E-state index contributed by atoms with van der Waals surface area (Å²) in [6.07, 6.45) is 4.80. The zero-order valence-electron chi connectivity index (χ0n) is 16.9. The maximum atomic E-state index is 4.73. The Labute approximate surface area is 166 Å². The van der Waals surface area contributed by atoms with E-state index in [0.717, 1.165) is 28.6 Å². The highest BCUT2D eigenvalue weighted by Crippen LogP contribution is 2.27. The highest BCUT2D eigenvalue weighted by atomic mass is 15.0. The summed E-state index contributed by atoms with van der Waals surface area (Å²) in [5.41, 5.74) is 9.49. The largest absolute Gasteiger partial charge is 0.317 e. The summed E-state index contributed by atoms with van der Waals surface area (Å²) in [6.45, 7) is 8.73. The molecule has 4 aromatic rings. The first-order valence-corrected chi connectivity index (χ1v) is 9.75.